The molecule has 1 aliphatic rings. The number of phenols is 1. The Balaban J connectivity index is 1.75. The molecule has 1 aromatic heterocycles. The van der Waals surface area contributed by atoms with Crippen LogP contribution in [0.5, 0.6) is 5.75 Å². The van der Waals surface area contributed by atoms with E-state index in [4.69, 9.17) is 0 Å². The zero-order valence-corrected chi connectivity index (χ0v) is 19.2. The third-order valence-corrected chi connectivity index (χ3v) is 7.06. The average molecular weight is 461 g/mol. The second-order valence-corrected chi connectivity index (χ2v) is 9.63. The zero-order valence-electron chi connectivity index (χ0n) is 18.4. The highest BCUT2D eigenvalue weighted by Gasteiger charge is 2.26. The first-order valence-electron chi connectivity index (χ1n) is 10.3. The molecule has 32 heavy (non-hydrogen) atoms. The van der Waals surface area contributed by atoms with Crippen molar-refractivity contribution in [1.29, 1.82) is 0 Å². The second-order valence-electron chi connectivity index (χ2n) is 7.74. The Kier molecular flexibility index (Phi) is 7.09. The summed E-state index contributed by atoms with van der Waals surface area (Å²) in [5, 5.41) is 26.1. The number of carbonyl (C=O) groups is 1. The number of aromatic nitrogens is 2. The fourth-order valence-electron chi connectivity index (χ4n) is 3.86. The molecule has 1 saturated carbocycles. The Morgan fingerprint density at radius 2 is 1.94 bits per heavy atom. The van der Waals surface area contributed by atoms with E-state index in [1.807, 2.05) is 18.5 Å². The highest BCUT2D eigenvalue weighted by atomic mass is 32.2. The van der Waals surface area contributed by atoms with E-state index in [1.54, 1.807) is 0 Å². The van der Waals surface area contributed by atoms with E-state index in [1.165, 1.54) is 25.3 Å². The van der Waals surface area contributed by atoms with Crippen molar-refractivity contribution in [2.45, 2.75) is 56.5 Å². The van der Waals surface area contributed by atoms with Gasteiger partial charge in [-0.2, -0.15) is 5.10 Å². The lowest BCUT2D eigenvalue weighted by Crippen LogP contribution is -2.37. The number of nitrogens with zero attached hydrogens (tertiary/aromatic N) is 4. The van der Waals surface area contributed by atoms with Crippen molar-refractivity contribution < 1.29 is 18.3 Å². The smallest absolute Gasteiger partial charge is 0.243 e. The predicted octanol–water partition coefficient (Wildman–Crippen LogP) is 3.31. The molecule has 11 heteroatoms. The molecule has 0 saturated heterocycles. The molecule has 3 rings (SSSR count). The molecule has 10 nitrogen and oxygen atoms in total. The molecule has 0 aliphatic heterocycles. The van der Waals surface area contributed by atoms with Gasteiger partial charge in [0.05, 0.1) is 22.3 Å². The number of amides is 1. The number of aryl methyl sites for hydroxylation is 1. The summed E-state index contributed by atoms with van der Waals surface area (Å²) in [4.78, 5) is 11.5. The fourth-order valence-corrected chi connectivity index (χ4v) is 4.61. The van der Waals surface area contributed by atoms with Crippen LogP contribution in [0.3, 0.4) is 0 Å². The lowest BCUT2D eigenvalue weighted by Gasteiger charge is -2.29. The minimum absolute atomic E-state index is 0.0588. The number of phenolic OH excluding ortho intramolecular Hbond substituents is 1. The van der Waals surface area contributed by atoms with Gasteiger partial charge in [-0.05, 0) is 64.8 Å². The van der Waals surface area contributed by atoms with E-state index in [-0.39, 0.29) is 34.3 Å². The van der Waals surface area contributed by atoms with Gasteiger partial charge >= 0.3 is 0 Å². The summed E-state index contributed by atoms with van der Waals surface area (Å²) in [5.74, 6) is -0.435. The normalized spacial score (nSPS) is 19.2. The maximum Gasteiger partial charge on any atom is 0.243 e. The lowest BCUT2D eigenvalue weighted by molar-refractivity contribution is -0.117. The van der Waals surface area contributed by atoms with Crippen LogP contribution in [0.25, 0.3) is 0 Å². The zero-order chi connectivity index (χ0) is 23.5. The molecule has 3 N–H and O–H groups in total. The maximum atomic E-state index is 11.9. The topological polar surface area (TPSA) is 138 Å². The monoisotopic (exact) mass is 460 g/mol. The van der Waals surface area contributed by atoms with Crippen LogP contribution in [-0.4, -0.2) is 42.3 Å². The van der Waals surface area contributed by atoms with E-state index in [9.17, 15) is 18.3 Å². The van der Waals surface area contributed by atoms with Gasteiger partial charge in [0.15, 0.2) is 0 Å². The van der Waals surface area contributed by atoms with Crippen LogP contribution in [0.4, 0.5) is 11.4 Å². The molecule has 0 radical (unpaired) electrons. The predicted molar refractivity (Wildman–Crippen MR) is 120 cm³/mol. The highest BCUT2D eigenvalue weighted by Crippen LogP contribution is 2.35. The van der Waals surface area contributed by atoms with Crippen LogP contribution in [0, 0.1) is 13.8 Å². The first kappa shape index (κ1) is 23.6. The van der Waals surface area contributed by atoms with Crippen molar-refractivity contribution in [1.82, 2.24) is 19.8 Å². The molecule has 0 spiro atoms. The quantitative estimate of drug-likeness (QED) is 0.430. The molecule has 2 aromatic rings. The summed E-state index contributed by atoms with van der Waals surface area (Å²) >= 11 is 0. The van der Waals surface area contributed by atoms with Crippen molar-refractivity contribution in [2.75, 3.05) is 7.05 Å². The lowest BCUT2D eigenvalue weighted by atomic mass is 9.91. The molecule has 1 aromatic carbocycles. The van der Waals surface area contributed by atoms with Gasteiger partial charge in [-0.1, -0.05) is 6.58 Å². The minimum Gasteiger partial charge on any atom is -0.506 e. The molecule has 0 unspecified atom stereocenters. The van der Waals surface area contributed by atoms with Gasteiger partial charge < -0.3 is 10.4 Å². The molecule has 1 amide bonds. The van der Waals surface area contributed by atoms with Crippen LogP contribution in [0.15, 0.2) is 46.0 Å². The molecule has 1 fully saturated rings. The van der Waals surface area contributed by atoms with Crippen LogP contribution in [0.2, 0.25) is 0 Å². The SMILES string of the molecule is C=CC(=O)NC1CCC(n2nc(C)c(N=Nc3ccc(S(=O)(=O)NC)cc3O)c2C)CC1. The molecule has 1 heterocycles. The number of azo groups is 1. The number of benzene rings is 1. The van der Waals surface area contributed by atoms with E-state index >= 15 is 0 Å². The summed E-state index contributed by atoms with van der Waals surface area (Å²) in [6.45, 7) is 7.25. The van der Waals surface area contributed by atoms with Crippen LogP contribution >= 0.6 is 0 Å². The second kappa shape index (κ2) is 9.61. The molecular formula is C21H28N6O4S. The summed E-state index contributed by atoms with van der Waals surface area (Å²) in [6.07, 6.45) is 4.76. The van der Waals surface area contributed by atoms with Crippen molar-refractivity contribution in [2.24, 2.45) is 10.2 Å². The van der Waals surface area contributed by atoms with Crippen molar-refractivity contribution in [3.05, 3.63) is 42.2 Å². The van der Waals surface area contributed by atoms with E-state index in [0.717, 1.165) is 37.4 Å². The van der Waals surface area contributed by atoms with Gasteiger partial charge in [-0.3, -0.25) is 9.48 Å². The molecule has 1 aliphatic carbocycles. The summed E-state index contributed by atoms with van der Waals surface area (Å²) in [5.41, 5.74) is 2.34. The Morgan fingerprint density at radius 3 is 2.53 bits per heavy atom. The van der Waals surface area contributed by atoms with Gasteiger partial charge in [0.1, 0.15) is 17.1 Å². The third kappa shape index (κ3) is 5.05. The number of nitrogens with one attached hydrogen (secondary N) is 2. The average Bonchev–Trinajstić information content (AvgIpc) is 3.06. The fraction of sp³-hybridized carbons (Fsp3) is 0.429. The largest absolute Gasteiger partial charge is 0.506 e. The van der Waals surface area contributed by atoms with E-state index in [0.29, 0.717) is 11.4 Å². The van der Waals surface area contributed by atoms with Crippen molar-refractivity contribution in [3.8, 4) is 5.75 Å². The molecule has 0 bridgehead atoms. The van der Waals surface area contributed by atoms with Gasteiger partial charge in [0.2, 0.25) is 15.9 Å². The standard InChI is InChI=1S/C21H28N6O4S/c1-5-20(29)23-15-6-8-16(9-7-15)27-14(3)21(13(2)26-27)25-24-18-11-10-17(12-19(18)28)32(30,31)22-4/h5,10-12,15-16,22,28H,1,6-9H2,2-4H3,(H,23,29). The molecular weight excluding hydrogens is 432 g/mol. The number of carbonyl (C=O) groups excluding carboxylic acids is 1. The number of aromatic hydroxyl groups is 1. The van der Waals surface area contributed by atoms with Crippen LogP contribution < -0.4 is 10.0 Å². The van der Waals surface area contributed by atoms with Crippen LogP contribution in [-0.2, 0) is 14.8 Å². The number of hydrogen-bond acceptors (Lipinski definition) is 7. The van der Waals surface area contributed by atoms with Gasteiger partial charge in [0, 0.05) is 12.1 Å². The number of hydrogen-bond donors (Lipinski definition) is 3. The van der Waals surface area contributed by atoms with E-state index < -0.39 is 10.0 Å². The van der Waals surface area contributed by atoms with Gasteiger partial charge in [-0.15, -0.1) is 10.2 Å². The summed E-state index contributed by atoms with van der Waals surface area (Å²) in [6, 6.07) is 4.23. The molecule has 0 atom stereocenters. The number of sulfonamides is 1. The Bertz CT molecular complexity index is 1150. The summed E-state index contributed by atoms with van der Waals surface area (Å²) < 4.78 is 27.9. The Labute approximate surface area is 187 Å². The van der Waals surface area contributed by atoms with E-state index in [2.05, 4.69) is 31.9 Å². The van der Waals surface area contributed by atoms with Crippen molar-refractivity contribution >= 4 is 27.3 Å². The highest BCUT2D eigenvalue weighted by molar-refractivity contribution is 7.89. The molecule has 172 valence electrons. The van der Waals surface area contributed by atoms with Crippen LogP contribution in [0.1, 0.15) is 43.1 Å². The van der Waals surface area contributed by atoms with Gasteiger partial charge in [0.25, 0.3) is 0 Å². The minimum atomic E-state index is -3.66. The Hall–Kier alpha value is -3.05. The van der Waals surface area contributed by atoms with Gasteiger partial charge in [-0.25, -0.2) is 13.1 Å². The third-order valence-electron chi connectivity index (χ3n) is 5.64. The van der Waals surface area contributed by atoms with Crippen molar-refractivity contribution in [3.63, 3.8) is 0 Å². The maximum absolute atomic E-state index is 11.9. The first-order chi connectivity index (χ1) is 15.2. The summed E-state index contributed by atoms with van der Waals surface area (Å²) in [7, 11) is -2.36. The first-order valence-corrected chi connectivity index (χ1v) is 11.8. The number of rotatable bonds is 7. The Morgan fingerprint density at radius 1 is 1.25 bits per heavy atom.